The Bertz CT molecular complexity index is 951. The number of amides is 1. The van der Waals surface area contributed by atoms with Crippen LogP contribution < -0.4 is 5.32 Å². The molecule has 5 nitrogen and oxygen atoms in total. The maximum atomic E-state index is 12.3. The van der Waals surface area contributed by atoms with Gasteiger partial charge >= 0.3 is 0 Å². The van der Waals surface area contributed by atoms with E-state index in [-0.39, 0.29) is 5.91 Å². The summed E-state index contributed by atoms with van der Waals surface area (Å²) in [6.45, 7) is 1.77. The van der Waals surface area contributed by atoms with Crippen LogP contribution in [0.1, 0.15) is 24.7 Å². The lowest BCUT2D eigenvalue weighted by Gasteiger charge is -2.13. The first-order valence-corrected chi connectivity index (χ1v) is 8.71. The molecule has 0 aliphatic heterocycles. The zero-order chi connectivity index (χ0) is 17.7. The molecule has 7 heteroatoms. The van der Waals surface area contributed by atoms with Crippen molar-refractivity contribution in [3.8, 4) is 0 Å². The highest BCUT2D eigenvalue weighted by Gasteiger charge is 2.67. The Morgan fingerprint density at radius 3 is 2.60 bits per heavy atom. The maximum Gasteiger partial charge on any atom is 0.233 e. The molecule has 0 radical (unpaired) electrons. The number of nitrogens with zero attached hydrogens (tertiary/aromatic N) is 3. The molecule has 2 aromatic heterocycles. The molecule has 1 aromatic carbocycles. The van der Waals surface area contributed by atoms with Crippen LogP contribution in [0, 0.1) is 5.41 Å². The largest absolute Gasteiger partial charge is 0.326 e. The van der Waals surface area contributed by atoms with Crippen LogP contribution in [0.5, 0.6) is 0 Å². The molecule has 1 fully saturated rings. The fourth-order valence-corrected chi connectivity index (χ4v) is 3.52. The van der Waals surface area contributed by atoms with Gasteiger partial charge in [-0.15, -0.1) is 33.4 Å². The number of hydrogen-bond donors (Lipinski definition) is 1. The van der Waals surface area contributed by atoms with E-state index in [9.17, 15) is 4.79 Å². The predicted molar refractivity (Wildman–Crippen MR) is 98.0 cm³/mol. The second-order valence-corrected chi connectivity index (χ2v) is 8.07. The molecule has 4 rings (SSSR count). The normalized spacial score (nSPS) is 21.2. The molecule has 1 atom stereocenters. The monoisotopic (exact) mass is 374 g/mol. The van der Waals surface area contributed by atoms with Crippen LogP contribution in [0.25, 0.3) is 5.65 Å². The zero-order valence-electron chi connectivity index (χ0n) is 13.5. The summed E-state index contributed by atoms with van der Waals surface area (Å²) in [5, 5.41) is 11.3. The van der Waals surface area contributed by atoms with Crippen molar-refractivity contribution in [2.45, 2.75) is 24.1 Å². The summed E-state index contributed by atoms with van der Waals surface area (Å²) in [5.41, 5.74) is 1.90. The third-order valence-electron chi connectivity index (χ3n) is 4.72. The van der Waals surface area contributed by atoms with Crippen LogP contribution in [0.3, 0.4) is 0 Å². The minimum absolute atomic E-state index is 0.159. The van der Waals surface area contributed by atoms with Gasteiger partial charge in [0.05, 0.1) is 5.41 Å². The molecule has 1 unspecified atom stereocenters. The average Bonchev–Trinajstić information content (AvgIpc) is 2.92. The van der Waals surface area contributed by atoms with Crippen molar-refractivity contribution in [1.82, 2.24) is 14.6 Å². The summed E-state index contributed by atoms with van der Waals surface area (Å²) in [4.78, 5) is 12.3. The minimum atomic E-state index is -0.967. The molecule has 3 aromatic rings. The highest BCUT2D eigenvalue weighted by atomic mass is 35.5. The third-order valence-corrected chi connectivity index (χ3v) is 5.82. The van der Waals surface area contributed by atoms with E-state index in [4.69, 9.17) is 23.2 Å². The number of pyridine rings is 1. The van der Waals surface area contributed by atoms with Crippen LogP contribution in [-0.4, -0.2) is 24.8 Å². The Morgan fingerprint density at radius 2 is 1.92 bits per heavy atom. The molecular formula is C18H16Cl2N4O. The van der Waals surface area contributed by atoms with E-state index in [1.807, 2.05) is 53.1 Å². The van der Waals surface area contributed by atoms with Gasteiger partial charge < -0.3 is 5.32 Å². The Hall–Kier alpha value is -2.11. The van der Waals surface area contributed by atoms with Gasteiger partial charge in [0, 0.05) is 18.3 Å². The number of halogens is 2. The lowest BCUT2D eigenvalue weighted by Crippen LogP contribution is -2.25. The third kappa shape index (κ3) is 2.87. The number of hydrogen-bond acceptors (Lipinski definition) is 3. The van der Waals surface area contributed by atoms with Crippen molar-refractivity contribution in [3.63, 3.8) is 0 Å². The second kappa shape index (κ2) is 5.71. The SMILES string of the molecule is CC1(C(=O)Nc2ccc(Cc3nnc4ccccn34)cc2)CC1(Cl)Cl. The number of carbonyl (C=O) groups is 1. The molecular weight excluding hydrogens is 359 g/mol. The van der Waals surface area contributed by atoms with Crippen molar-refractivity contribution in [2.75, 3.05) is 5.32 Å². The highest BCUT2D eigenvalue weighted by molar-refractivity contribution is 6.53. The molecule has 1 aliphatic rings. The first-order chi connectivity index (χ1) is 11.9. The first kappa shape index (κ1) is 16.4. The standard InChI is InChI=1S/C18H16Cl2N4O/c1-17(11-18(17,19)20)16(25)21-13-7-5-12(6-8-13)10-15-23-22-14-4-2-3-9-24(14)15/h2-9H,10-11H2,1H3,(H,21,25). The molecule has 128 valence electrons. The fraction of sp³-hybridized carbons (Fsp3) is 0.278. The predicted octanol–water partition coefficient (Wildman–Crippen LogP) is 3.84. The Kier molecular flexibility index (Phi) is 3.74. The van der Waals surface area contributed by atoms with Crippen LogP contribution in [0.2, 0.25) is 0 Å². The van der Waals surface area contributed by atoms with Crippen molar-refractivity contribution < 1.29 is 4.79 Å². The first-order valence-electron chi connectivity index (χ1n) is 7.96. The molecule has 0 saturated heterocycles. The maximum absolute atomic E-state index is 12.3. The summed E-state index contributed by atoms with van der Waals surface area (Å²) in [6.07, 6.45) is 3.07. The zero-order valence-corrected chi connectivity index (χ0v) is 15.1. The summed E-state index contributed by atoms with van der Waals surface area (Å²) >= 11 is 12.1. The lowest BCUT2D eigenvalue weighted by molar-refractivity contribution is -0.120. The van der Waals surface area contributed by atoms with Gasteiger partial charge in [-0.3, -0.25) is 9.20 Å². The van der Waals surface area contributed by atoms with E-state index in [0.717, 1.165) is 22.7 Å². The van der Waals surface area contributed by atoms with Crippen molar-refractivity contribution >= 4 is 40.4 Å². The molecule has 2 heterocycles. The summed E-state index contributed by atoms with van der Waals surface area (Å²) in [5.74, 6) is 0.709. The van der Waals surface area contributed by atoms with Gasteiger partial charge in [0.1, 0.15) is 10.2 Å². The Balaban J connectivity index is 1.46. The quantitative estimate of drug-likeness (QED) is 0.705. The summed E-state index contributed by atoms with van der Waals surface area (Å²) < 4.78 is 0.996. The average molecular weight is 375 g/mol. The Morgan fingerprint density at radius 1 is 1.20 bits per heavy atom. The molecule has 0 spiro atoms. The van der Waals surface area contributed by atoms with Gasteiger partial charge in [-0.1, -0.05) is 18.2 Å². The van der Waals surface area contributed by atoms with Crippen molar-refractivity contribution in [2.24, 2.45) is 5.41 Å². The number of anilines is 1. The van der Waals surface area contributed by atoms with E-state index < -0.39 is 9.75 Å². The van der Waals surface area contributed by atoms with Crippen LogP contribution in [0.15, 0.2) is 48.7 Å². The van der Waals surface area contributed by atoms with Gasteiger partial charge in [-0.2, -0.15) is 0 Å². The van der Waals surface area contributed by atoms with Gasteiger partial charge in [0.15, 0.2) is 5.65 Å². The van der Waals surface area contributed by atoms with Crippen molar-refractivity contribution in [3.05, 3.63) is 60.0 Å². The highest BCUT2D eigenvalue weighted by Crippen LogP contribution is 2.64. The topological polar surface area (TPSA) is 59.3 Å². The smallest absolute Gasteiger partial charge is 0.233 e. The van der Waals surface area contributed by atoms with Crippen LogP contribution in [0.4, 0.5) is 5.69 Å². The molecule has 1 saturated carbocycles. The second-order valence-electron chi connectivity index (χ2n) is 6.59. The number of benzene rings is 1. The van der Waals surface area contributed by atoms with E-state index in [1.54, 1.807) is 6.92 Å². The minimum Gasteiger partial charge on any atom is -0.326 e. The van der Waals surface area contributed by atoms with E-state index >= 15 is 0 Å². The number of aromatic nitrogens is 3. The summed E-state index contributed by atoms with van der Waals surface area (Å²) in [7, 11) is 0. The van der Waals surface area contributed by atoms with Gasteiger partial charge in [0.25, 0.3) is 0 Å². The number of carbonyl (C=O) groups excluding carboxylic acids is 1. The number of fused-ring (bicyclic) bond motifs is 1. The lowest BCUT2D eigenvalue weighted by atomic mass is 10.1. The number of rotatable bonds is 4. The molecule has 1 N–H and O–H groups in total. The van der Waals surface area contributed by atoms with E-state index in [2.05, 4.69) is 15.5 Å². The van der Waals surface area contributed by atoms with E-state index in [1.165, 1.54) is 0 Å². The van der Waals surface area contributed by atoms with Crippen LogP contribution >= 0.6 is 23.2 Å². The molecule has 25 heavy (non-hydrogen) atoms. The molecule has 1 aliphatic carbocycles. The Labute approximate surface area is 155 Å². The molecule has 1 amide bonds. The number of nitrogens with one attached hydrogen (secondary N) is 1. The van der Waals surface area contributed by atoms with Crippen LogP contribution in [-0.2, 0) is 11.2 Å². The van der Waals surface area contributed by atoms with Gasteiger partial charge in [-0.05, 0) is 43.2 Å². The van der Waals surface area contributed by atoms with Gasteiger partial charge in [-0.25, -0.2) is 0 Å². The van der Waals surface area contributed by atoms with Gasteiger partial charge in [0.2, 0.25) is 5.91 Å². The van der Waals surface area contributed by atoms with E-state index in [0.29, 0.717) is 12.8 Å². The van der Waals surface area contributed by atoms with Crippen molar-refractivity contribution in [1.29, 1.82) is 0 Å². The fourth-order valence-electron chi connectivity index (χ4n) is 2.82. The molecule has 0 bridgehead atoms. The summed E-state index contributed by atoms with van der Waals surface area (Å²) in [6, 6.07) is 13.5. The number of alkyl halides is 2.